The molecule has 1 N–H and O–H groups in total. The second-order valence-electron chi connectivity index (χ2n) is 12.8. The molecule has 252 valence electrons. The van der Waals surface area contributed by atoms with Gasteiger partial charge in [0.1, 0.15) is 12.1 Å². The van der Waals surface area contributed by atoms with Gasteiger partial charge in [-0.1, -0.05) is 139 Å². The Morgan fingerprint density at radius 2 is 1.04 bits per heavy atom. The van der Waals surface area contributed by atoms with Gasteiger partial charge >= 0.3 is 5.97 Å². The summed E-state index contributed by atoms with van der Waals surface area (Å²) in [5, 5.41) is 20.1. The maximum Gasteiger partial charge on any atom is 0.340 e. The fourth-order valence-electron chi connectivity index (χ4n) is 5.61. The molecule has 3 rings (SSSR count). The molecule has 46 heavy (non-hydrogen) atoms. The molecule has 0 heterocycles. The number of hydrogen-bond acceptors (Lipinski definition) is 4. The molecular formula is C39H55NO5S. The zero-order chi connectivity index (χ0) is 33.6. The normalized spacial score (nSPS) is 11.8. The van der Waals surface area contributed by atoms with Crippen LogP contribution in [0.3, 0.4) is 0 Å². The highest BCUT2D eigenvalue weighted by Gasteiger charge is 2.25. The summed E-state index contributed by atoms with van der Waals surface area (Å²) >= 11 is -1.91. The number of benzene rings is 3. The van der Waals surface area contributed by atoms with Crippen molar-refractivity contribution >= 4 is 23.1 Å². The Hall–Kier alpha value is -3.13. The summed E-state index contributed by atoms with van der Waals surface area (Å²) in [7, 11) is 4.74. The zero-order valence-electron chi connectivity index (χ0n) is 28.3. The van der Waals surface area contributed by atoms with Crippen molar-refractivity contribution in [1.29, 1.82) is 0 Å². The summed E-state index contributed by atoms with van der Waals surface area (Å²) in [5.41, 5.74) is 1.12. The van der Waals surface area contributed by atoms with Crippen molar-refractivity contribution in [2.75, 3.05) is 20.6 Å². The first-order valence-corrected chi connectivity index (χ1v) is 18.2. The lowest BCUT2D eigenvalue weighted by molar-refractivity contribution is -0.903. The minimum absolute atomic E-state index is 0.0150. The molecule has 0 aliphatic heterocycles. The number of aromatic carboxylic acids is 2. The standard InChI is InChI=1S/C25H46N.C14H10O5S/c1-4-5-6-7-8-9-10-11-12-13-14-15-16-20-23-26(2,3)24-25-21-18-17-19-22-25;15-13(16)9-5-1-3-7-11(9)20(19)12-8-4-2-6-10(12)14(17)18/h17-19,21-22H,4-16,20,23-24H2,1-3H3;1-8H,(H,15,16)(H,17,18)/q+1;/p-1. The third-order valence-corrected chi connectivity index (χ3v) is 9.71. The van der Waals surface area contributed by atoms with Gasteiger partial charge in [0.15, 0.2) is 9.79 Å². The molecule has 3 aromatic carbocycles. The van der Waals surface area contributed by atoms with Crippen molar-refractivity contribution in [2.24, 2.45) is 0 Å². The summed E-state index contributed by atoms with van der Waals surface area (Å²) in [6.07, 6.45) is 20.2. The fraction of sp³-hybridized carbons (Fsp3) is 0.487. The van der Waals surface area contributed by atoms with Crippen molar-refractivity contribution in [3.63, 3.8) is 0 Å². The lowest BCUT2D eigenvalue weighted by Gasteiger charge is -2.30. The predicted molar refractivity (Wildman–Crippen MR) is 186 cm³/mol. The van der Waals surface area contributed by atoms with Crippen LogP contribution in [0.4, 0.5) is 0 Å². The van der Waals surface area contributed by atoms with Crippen LogP contribution in [0, 0.1) is 0 Å². The first-order chi connectivity index (χ1) is 22.2. The van der Waals surface area contributed by atoms with Gasteiger partial charge in [0.2, 0.25) is 0 Å². The summed E-state index contributed by atoms with van der Waals surface area (Å²) in [6, 6.07) is 22.3. The van der Waals surface area contributed by atoms with E-state index in [1.165, 1.54) is 144 Å². The first kappa shape index (κ1) is 39.1. The van der Waals surface area contributed by atoms with Crippen LogP contribution in [0.2, 0.25) is 0 Å². The summed E-state index contributed by atoms with van der Waals surface area (Å²) in [5.74, 6) is -2.68. The van der Waals surface area contributed by atoms with Crippen LogP contribution in [0.15, 0.2) is 88.7 Å². The molecule has 3 aromatic rings. The molecule has 0 amide bonds. The van der Waals surface area contributed by atoms with E-state index in [0.717, 1.165) is 11.0 Å². The Labute approximate surface area is 280 Å². The highest BCUT2D eigenvalue weighted by Crippen LogP contribution is 2.26. The number of carboxylic acids is 2. The van der Waals surface area contributed by atoms with Crippen molar-refractivity contribution < 1.29 is 28.8 Å². The van der Waals surface area contributed by atoms with Crippen LogP contribution >= 0.6 is 0 Å². The van der Waals surface area contributed by atoms with Crippen LogP contribution in [-0.2, 0) is 17.7 Å². The SMILES string of the molecule is CCCCCCCCCCCCCCCC[N+](C)(C)Cc1ccccc1.O=C([O-])c1ccccc1[S+]([O-])c1ccccc1C(=O)O. The third kappa shape index (κ3) is 15.4. The van der Waals surface area contributed by atoms with E-state index in [9.17, 15) is 19.2 Å². The molecule has 1 atom stereocenters. The number of carbonyl (C=O) groups excluding carboxylic acids is 1. The Kier molecular flexibility index (Phi) is 19.0. The van der Waals surface area contributed by atoms with E-state index in [4.69, 9.17) is 5.11 Å². The second-order valence-corrected chi connectivity index (χ2v) is 14.2. The zero-order valence-corrected chi connectivity index (χ0v) is 29.1. The topological polar surface area (TPSA) is 100 Å². The van der Waals surface area contributed by atoms with E-state index in [1.54, 1.807) is 6.07 Å². The summed E-state index contributed by atoms with van der Waals surface area (Å²) < 4.78 is 13.6. The van der Waals surface area contributed by atoms with Gasteiger partial charge in [-0.2, -0.15) is 0 Å². The molecule has 7 heteroatoms. The Morgan fingerprint density at radius 3 is 1.52 bits per heavy atom. The van der Waals surface area contributed by atoms with Gasteiger partial charge < -0.3 is 24.0 Å². The Bertz CT molecular complexity index is 1220. The van der Waals surface area contributed by atoms with Crippen LogP contribution in [-0.4, -0.2) is 46.7 Å². The number of carbonyl (C=O) groups is 2. The van der Waals surface area contributed by atoms with Gasteiger partial charge in [-0.3, -0.25) is 0 Å². The number of carboxylic acid groups (broad SMARTS) is 2. The molecule has 0 saturated heterocycles. The van der Waals surface area contributed by atoms with E-state index in [1.807, 2.05) is 0 Å². The quantitative estimate of drug-likeness (QED) is 0.0707. The minimum atomic E-state index is -1.91. The van der Waals surface area contributed by atoms with E-state index in [-0.39, 0.29) is 20.9 Å². The van der Waals surface area contributed by atoms with E-state index in [2.05, 4.69) is 51.4 Å². The molecule has 0 radical (unpaired) electrons. The highest BCUT2D eigenvalue weighted by molar-refractivity contribution is 7.91. The van der Waals surface area contributed by atoms with E-state index >= 15 is 0 Å². The minimum Gasteiger partial charge on any atom is -0.606 e. The molecule has 0 spiro atoms. The van der Waals surface area contributed by atoms with Crippen molar-refractivity contribution in [3.05, 3.63) is 95.6 Å². The predicted octanol–water partition coefficient (Wildman–Crippen LogP) is 8.66. The molecule has 0 bridgehead atoms. The van der Waals surface area contributed by atoms with E-state index < -0.39 is 23.1 Å². The van der Waals surface area contributed by atoms with Crippen LogP contribution in [0.5, 0.6) is 0 Å². The number of quaternary nitrogens is 1. The maximum absolute atomic E-state index is 12.5. The molecule has 0 fully saturated rings. The monoisotopic (exact) mass is 649 g/mol. The largest absolute Gasteiger partial charge is 0.606 e. The number of unbranched alkanes of at least 4 members (excludes halogenated alkanes) is 13. The number of rotatable bonds is 21. The smallest absolute Gasteiger partial charge is 0.340 e. The number of hydrogen-bond donors (Lipinski definition) is 1. The highest BCUT2D eigenvalue weighted by atomic mass is 32.2. The van der Waals surface area contributed by atoms with Gasteiger partial charge in [-0.05, 0) is 37.1 Å². The van der Waals surface area contributed by atoms with Gasteiger partial charge in [0.25, 0.3) is 0 Å². The summed E-state index contributed by atoms with van der Waals surface area (Å²) in [6.45, 7) is 4.75. The molecule has 0 saturated carbocycles. The summed E-state index contributed by atoms with van der Waals surface area (Å²) in [4.78, 5) is 22.2. The molecule has 1 unspecified atom stereocenters. The van der Waals surface area contributed by atoms with Crippen LogP contribution in [0.25, 0.3) is 0 Å². The lowest BCUT2D eigenvalue weighted by atomic mass is 10.0. The van der Waals surface area contributed by atoms with Crippen molar-refractivity contribution in [2.45, 2.75) is 113 Å². The molecular weight excluding hydrogens is 594 g/mol. The van der Waals surface area contributed by atoms with Gasteiger partial charge in [0, 0.05) is 16.7 Å². The van der Waals surface area contributed by atoms with Gasteiger partial charge in [-0.25, -0.2) is 4.79 Å². The average Bonchev–Trinajstić information content (AvgIpc) is 3.05. The lowest BCUT2D eigenvalue weighted by Crippen LogP contribution is -2.39. The van der Waals surface area contributed by atoms with Crippen molar-refractivity contribution in [3.8, 4) is 0 Å². The van der Waals surface area contributed by atoms with Crippen LogP contribution in [0.1, 0.15) is 123 Å². The van der Waals surface area contributed by atoms with Gasteiger partial charge in [0.05, 0.1) is 32.2 Å². The third-order valence-electron chi connectivity index (χ3n) is 8.19. The van der Waals surface area contributed by atoms with Crippen molar-refractivity contribution in [1.82, 2.24) is 0 Å². The van der Waals surface area contributed by atoms with Gasteiger partial charge in [-0.15, -0.1) is 0 Å². The van der Waals surface area contributed by atoms with E-state index in [0.29, 0.717) is 0 Å². The first-order valence-electron chi connectivity index (χ1n) is 17.1. The maximum atomic E-state index is 12.5. The molecule has 6 nitrogen and oxygen atoms in total. The fourth-order valence-corrected chi connectivity index (χ4v) is 6.96. The molecule has 0 aromatic heterocycles. The molecule has 0 aliphatic carbocycles. The number of nitrogens with zero attached hydrogens (tertiary/aromatic N) is 1. The molecule has 0 aliphatic rings. The Morgan fingerprint density at radius 1 is 0.630 bits per heavy atom. The second kappa shape index (κ2) is 22.4. The Balaban J connectivity index is 0.000000330. The van der Waals surface area contributed by atoms with Crippen LogP contribution < -0.4 is 5.11 Å². The average molecular weight is 650 g/mol.